The molecule has 0 saturated heterocycles. The second-order valence-electron chi connectivity index (χ2n) is 5.56. The van der Waals surface area contributed by atoms with E-state index in [1.165, 1.54) is 4.88 Å². The third-order valence-electron chi connectivity index (χ3n) is 4.19. The van der Waals surface area contributed by atoms with E-state index >= 15 is 0 Å². The molecule has 2 atom stereocenters. The summed E-state index contributed by atoms with van der Waals surface area (Å²) in [5, 5.41) is 2.07. The second kappa shape index (κ2) is 6.68. The lowest BCUT2D eigenvalue weighted by molar-refractivity contribution is -0.127. The van der Waals surface area contributed by atoms with Crippen LogP contribution in [-0.4, -0.2) is 31.7 Å². The molecule has 2 aromatic heterocycles. The molecule has 3 heterocycles. The summed E-state index contributed by atoms with van der Waals surface area (Å²) in [6.07, 6.45) is 2.38. The van der Waals surface area contributed by atoms with Crippen molar-refractivity contribution < 1.29 is 14.3 Å². The Balaban J connectivity index is 1.83. The average Bonchev–Trinajstić information content (AvgIpc) is 3.08. The Hall–Kier alpha value is -1.92. The molecule has 5 nitrogen and oxygen atoms in total. The van der Waals surface area contributed by atoms with Gasteiger partial charge in [0.1, 0.15) is 5.69 Å². The number of nitrogens with zero attached hydrogens (tertiary/aromatic N) is 2. The van der Waals surface area contributed by atoms with Crippen LogP contribution in [0.5, 0.6) is 5.88 Å². The van der Waals surface area contributed by atoms with Crippen molar-refractivity contribution in [2.45, 2.75) is 19.4 Å². The van der Waals surface area contributed by atoms with Crippen LogP contribution in [0.4, 0.5) is 5.69 Å². The highest BCUT2D eigenvalue weighted by atomic mass is 32.1. The van der Waals surface area contributed by atoms with E-state index in [-0.39, 0.29) is 17.9 Å². The summed E-state index contributed by atoms with van der Waals surface area (Å²) in [5.41, 5.74) is 1.81. The van der Waals surface area contributed by atoms with Gasteiger partial charge in [-0.1, -0.05) is 6.92 Å². The van der Waals surface area contributed by atoms with Crippen LogP contribution in [0.3, 0.4) is 0 Å². The van der Waals surface area contributed by atoms with E-state index < -0.39 is 0 Å². The molecule has 3 rings (SSSR count). The number of carbonyl (C=O) groups excluding carboxylic acids is 1. The zero-order valence-corrected chi connectivity index (χ0v) is 14.3. The highest BCUT2D eigenvalue weighted by Crippen LogP contribution is 2.37. The van der Waals surface area contributed by atoms with Crippen LogP contribution in [0.25, 0.3) is 0 Å². The van der Waals surface area contributed by atoms with Crippen molar-refractivity contribution >= 4 is 22.9 Å². The standard InChI is InChI=1S/C17H20N2O3S/c1-11(15-12-7-10-23-14(12)6-9-22-15)17(20)19(2)13-5-4-8-18-16(13)21-3/h4-5,7-8,10-11,15H,6,9H2,1-3H3/t11-,15-/m0/s1. The second-order valence-corrected chi connectivity index (χ2v) is 6.56. The lowest BCUT2D eigenvalue weighted by Gasteiger charge is -2.30. The van der Waals surface area contributed by atoms with Gasteiger partial charge in [-0.15, -0.1) is 11.3 Å². The molecule has 0 aliphatic carbocycles. The number of amides is 1. The molecule has 0 unspecified atom stereocenters. The predicted octanol–water partition coefficient (Wildman–Crippen LogP) is 3.06. The number of carbonyl (C=O) groups is 1. The van der Waals surface area contributed by atoms with Crippen molar-refractivity contribution in [3.8, 4) is 5.88 Å². The highest BCUT2D eigenvalue weighted by Gasteiger charge is 2.33. The van der Waals surface area contributed by atoms with Crippen LogP contribution >= 0.6 is 11.3 Å². The van der Waals surface area contributed by atoms with Crippen LogP contribution in [0.15, 0.2) is 29.8 Å². The maximum Gasteiger partial charge on any atom is 0.237 e. The fourth-order valence-electron chi connectivity index (χ4n) is 2.94. The minimum atomic E-state index is -0.279. The topological polar surface area (TPSA) is 51.7 Å². The Morgan fingerprint density at radius 1 is 1.52 bits per heavy atom. The van der Waals surface area contributed by atoms with Crippen molar-refractivity contribution in [3.05, 3.63) is 40.2 Å². The molecule has 122 valence electrons. The first kappa shape index (κ1) is 16.0. The van der Waals surface area contributed by atoms with Gasteiger partial charge in [-0.25, -0.2) is 4.98 Å². The number of hydrogen-bond donors (Lipinski definition) is 0. The molecule has 1 amide bonds. The van der Waals surface area contributed by atoms with Gasteiger partial charge in [0, 0.05) is 24.5 Å². The molecule has 0 fully saturated rings. The van der Waals surface area contributed by atoms with Gasteiger partial charge in [0.15, 0.2) is 0 Å². The molecule has 6 heteroatoms. The molecule has 0 radical (unpaired) electrons. The number of hydrogen-bond acceptors (Lipinski definition) is 5. The zero-order chi connectivity index (χ0) is 16.4. The molecule has 23 heavy (non-hydrogen) atoms. The fraction of sp³-hybridized carbons (Fsp3) is 0.412. The Labute approximate surface area is 139 Å². The number of aromatic nitrogens is 1. The molecule has 0 bridgehead atoms. The first-order valence-electron chi connectivity index (χ1n) is 7.58. The minimum absolute atomic E-state index is 0.0136. The molecule has 2 aromatic rings. The predicted molar refractivity (Wildman–Crippen MR) is 90.1 cm³/mol. The lowest BCUT2D eigenvalue weighted by Crippen LogP contribution is -2.36. The zero-order valence-electron chi connectivity index (χ0n) is 13.5. The van der Waals surface area contributed by atoms with Gasteiger partial charge in [0.05, 0.1) is 25.7 Å². The number of anilines is 1. The third-order valence-corrected chi connectivity index (χ3v) is 5.19. The number of thiophene rings is 1. The average molecular weight is 332 g/mol. The monoisotopic (exact) mass is 332 g/mol. The SMILES string of the molecule is COc1ncccc1N(C)C(=O)[C@@H](C)[C@@H]1OCCc2sccc21. The van der Waals surface area contributed by atoms with Crippen molar-refractivity contribution in [1.29, 1.82) is 0 Å². The number of rotatable bonds is 4. The van der Waals surface area contributed by atoms with Crippen LogP contribution < -0.4 is 9.64 Å². The molecule has 0 N–H and O–H groups in total. The fourth-order valence-corrected chi connectivity index (χ4v) is 3.84. The highest BCUT2D eigenvalue weighted by molar-refractivity contribution is 7.10. The van der Waals surface area contributed by atoms with Crippen LogP contribution in [0.1, 0.15) is 23.5 Å². The van der Waals surface area contributed by atoms with Gasteiger partial charge >= 0.3 is 0 Å². The maximum atomic E-state index is 12.9. The maximum absolute atomic E-state index is 12.9. The van der Waals surface area contributed by atoms with Crippen LogP contribution in [0.2, 0.25) is 0 Å². The Morgan fingerprint density at radius 3 is 3.13 bits per heavy atom. The van der Waals surface area contributed by atoms with Gasteiger partial charge in [-0.2, -0.15) is 0 Å². The minimum Gasteiger partial charge on any atom is -0.480 e. The molecular formula is C17H20N2O3S. The Kier molecular flexibility index (Phi) is 4.63. The molecule has 1 aliphatic rings. The quantitative estimate of drug-likeness (QED) is 0.863. The third kappa shape index (κ3) is 2.96. The van der Waals surface area contributed by atoms with E-state index in [9.17, 15) is 4.79 Å². The normalized spacial score (nSPS) is 18.1. The molecule has 0 aromatic carbocycles. The molecule has 0 saturated carbocycles. The van der Waals surface area contributed by atoms with E-state index in [2.05, 4.69) is 16.4 Å². The first-order valence-corrected chi connectivity index (χ1v) is 8.46. The van der Waals surface area contributed by atoms with E-state index in [4.69, 9.17) is 9.47 Å². The van der Waals surface area contributed by atoms with Crippen LogP contribution in [-0.2, 0) is 16.0 Å². The van der Waals surface area contributed by atoms with Crippen molar-refractivity contribution in [1.82, 2.24) is 4.98 Å². The summed E-state index contributed by atoms with van der Waals surface area (Å²) >= 11 is 1.73. The molecule has 1 aliphatic heterocycles. The summed E-state index contributed by atoms with van der Waals surface area (Å²) in [6, 6.07) is 5.69. The lowest BCUT2D eigenvalue weighted by atomic mass is 9.94. The summed E-state index contributed by atoms with van der Waals surface area (Å²) in [7, 11) is 3.30. The Bertz CT molecular complexity index is 701. The van der Waals surface area contributed by atoms with E-state index in [0.29, 0.717) is 18.2 Å². The van der Waals surface area contributed by atoms with Gasteiger partial charge in [-0.05, 0) is 29.1 Å². The van der Waals surface area contributed by atoms with Gasteiger partial charge < -0.3 is 14.4 Å². The number of ether oxygens (including phenoxy) is 2. The van der Waals surface area contributed by atoms with Crippen molar-refractivity contribution in [2.75, 3.05) is 25.7 Å². The van der Waals surface area contributed by atoms with Crippen molar-refractivity contribution in [3.63, 3.8) is 0 Å². The first-order chi connectivity index (χ1) is 11.1. The number of pyridine rings is 1. The summed E-state index contributed by atoms with van der Waals surface area (Å²) in [5.74, 6) is 0.148. The van der Waals surface area contributed by atoms with Gasteiger partial charge in [0.2, 0.25) is 11.8 Å². The van der Waals surface area contributed by atoms with Crippen molar-refractivity contribution in [2.24, 2.45) is 5.92 Å². The van der Waals surface area contributed by atoms with E-state index in [1.54, 1.807) is 42.7 Å². The summed E-state index contributed by atoms with van der Waals surface area (Å²) in [6.45, 7) is 2.58. The largest absolute Gasteiger partial charge is 0.480 e. The number of methoxy groups -OCH3 is 1. The smallest absolute Gasteiger partial charge is 0.237 e. The van der Waals surface area contributed by atoms with Gasteiger partial charge in [-0.3, -0.25) is 4.79 Å². The van der Waals surface area contributed by atoms with E-state index in [1.807, 2.05) is 13.0 Å². The molecular weight excluding hydrogens is 312 g/mol. The summed E-state index contributed by atoms with van der Waals surface area (Å²) in [4.78, 5) is 20.0. The Morgan fingerprint density at radius 2 is 2.35 bits per heavy atom. The van der Waals surface area contributed by atoms with Crippen LogP contribution in [0, 0.1) is 5.92 Å². The summed E-state index contributed by atoms with van der Waals surface area (Å²) < 4.78 is 11.2. The number of fused-ring (bicyclic) bond motifs is 1. The molecule has 0 spiro atoms. The van der Waals surface area contributed by atoms with Gasteiger partial charge in [0.25, 0.3) is 0 Å². The van der Waals surface area contributed by atoms with E-state index in [0.717, 1.165) is 12.0 Å².